The van der Waals surface area contributed by atoms with E-state index in [9.17, 15) is 14.4 Å². The maximum Gasteiger partial charge on any atom is 0.407 e. The maximum absolute atomic E-state index is 12.4. The third-order valence-electron chi connectivity index (χ3n) is 3.60. The largest absolute Gasteiger partial charge is 0.444 e. The van der Waals surface area contributed by atoms with Crippen molar-refractivity contribution in [2.75, 3.05) is 6.54 Å². The molecule has 8 nitrogen and oxygen atoms in total. The van der Waals surface area contributed by atoms with Crippen molar-refractivity contribution in [3.05, 3.63) is 54.4 Å². The van der Waals surface area contributed by atoms with Gasteiger partial charge in [-0.1, -0.05) is 12.1 Å². The molecule has 28 heavy (non-hydrogen) atoms. The Hall–Kier alpha value is -3.29. The SMILES string of the molecule is CC(C)(C)OC(=O)NCCCC(=O)NNC(=O)c1ccccc1-n1cccc1. The summed E-state index contributed by atoms with van der Waals surface area (Å²) >= 11 is 0. The Balaban J connectivity index is 1.75. The van der Waals surface area contributed by atoms with Crippen LogP contribution in [0.25, 0.3) is 5.69 Å². The van der Waals surface area contributed by atoms with Crippen LogP contribution in [0.4, 0.5) is 4.79 Å². The summed E-state index contributed by atoms with van der Waals surface area (Å²) in [5.41, 5.74) is 5.38. The molecule has 150 valence electrons. The molecule has 3 N–H and O–H groups in total. The number of nitrogens with zero attached hydrogens (tertiary/aromatic N) is 1. The van der Waals surface area contributed by atoms with E-state index >= 15 is 0 Å². The van der Waals surface area contributed by atoms with Crippen molar-refractivity contribution >= 4 is 17.9 Å². The number of hydrogen-bond acceptors (Lipinski definition) is 4. The number of hydrogen-bond donors (Lipinski definition) is 3. The molecule has 2 rings (SSSR count). The quantitative estimate of drug-likeness (QED) is 0.524. The number of nitrogens with one attached hydrogen (secondary N) is 3. The molecule has 0 atom stereocenters. The molecule has 0 aliphatic heterocycles. The van der Waals surface area contributed by atoms with Gasteiger partial charge < -0.3 is 14.6 Å². The van der Waals surface area contributed by atoms with Crippen molar-refractivity contribution in [3.8, 4) is 5.69 Å². The molecule has 0 fully saturated rings. The van der Waals surface area contributed by atoms with E-state index in [1.165, 1.54) is 0 Å². The number of hydrazine groups is 1. The first-order valence-electron chi connectivity index (χ1n) is 9.05. The molecule has 0 saturated carbocycles. The van der Waals surface area contributed by atoms with Gasteiger partial charge in [-0.15, -0.1) is 0 Å². The molecule has 0 saturated heterocycles. The van der Waals surface area contributed by atoms with Gasteiger partial charge in [0.1, 0.15) is 5.60 Å². The van der Waals surface area contributed by atoms with E-state index in [-0.39, 0.29) is 12.3 Å². The third kappa shape index (κ3) is 6.79. The number of aromatic nitrogens is 1. The van der Waals surface area contributed by atoms with Crippen molar-refractivity contribution in [1.29, 1.82) is 0 Å². The van der Waals surface area contributed by atoms with Gasteiger partial charge in [-0.25, -0.2) is 4.79 Å². The highest BCUT2D eigenvalue weighted by Crippen LogP contribution is 2.14. The molecule has 0 bridgehead atoms. The summed E-state index contributed by atoms with van der Waals surface area (Å²) in [6, 6.07) is 10.8. The molecule has 3 amide bonds. The van der Waals surface area contributed by atoms with E-state index < -0.39 is 17.6 Å². The lowest BCUT2D eigenvalue weighted by Crippen LogP contribution is -2.42. The van der Waals surface area contributed by atoms with Crippen molar-refractivity contribution in [2.24, 2.45) is 0 Å². The molecule has 0 unspecified atom stereocenters. The first-order valence-corrected chi connectivity index (χ1v) is 9.05. The van der Waals surface area contributed by atoms with Gasteiger partial charge in [0.25, 0.3) is 5.91 Å². The standard InChI is InChI=1S/C20H26N4O4/c1-20(2,3)28-19(27)21-12-8-11-17(25)22-23-18(26)15-9-4-5-10-16(15)24-13-6-7-14-24/h4-7,9-10,13-14H,8,11-12H2,1-3H3,(H,21,27)(H,22,25)(H,23,26). The monoisotopic (exact) mass is 386 g/mol. The first kappa shape index (κ1) is 21.0. The van der Waals surface area contributed by atoms with Crippen LogP contribution in [0, 0.1) is 0 Å². The van der Waals surface area contributed by atoms with E-state index in [1.807, 2.05) is 41.2 Å². The van der Waals surface area contributed by atoms with Gasteiger partial charge in [-0.2, -0.15) is 0 Å². The van der Waals surface area contributed by atoms with Crippen LogP contribution in [-0.4, -0.2) is 34.6 Å². The fourth-order valence-corrected chi connectivity index (χ4v) is 2.40. The van der Waals surface area contributed by atoms with Gasteiger partial charge in [0.15, 0.2) is 0 Å². The van der Waals surface area contributed by atoms with Crippen molar-refractivity contribution in [2.45, 2.75) is 39.2 Å². The minimum absolute atomic E-state index is 0.148. The fourth-order valence-electron chi connectivity index (χ4n) is 2.40. The number of benzene rings is 1. The van der Waals surface area contributed by atoms with Crippen molar-refractivity contribution < 1.29 is 19.1 Å². The Labute approximate surface area is 164 Å². The van der Waals surface area contributed by atoms with Crippen LogP contribution in [0.5, 0.6) is 0 Å². The van der Waals surface area contributed by atoms with Crippen LogP contribution in [-0.2, 0) is 9.53 Å². The lowest BCUT2D eigenvalue weighted by atomic mass is 10.1. The summed E-state index contributed by atoms with van der Waals surface area (Å²) in [6.07, 6.45) is 3.71. The zero-order valence-corrected chi connectivity index (χ0v) is 16.3. The second kappa shape index (κ2) is 9.59. The third-order valence-corrected chi connectivity index (χ3v) is 3.60. The molecule has 0 spiro atoms. The van der Waals surface area contributed by atoms with Crippen LogP contribution < -0.4 is 16.2 Å². The predicted molar refractivity (Wildman–Crippen MR) is 105 cm³/mol. The Morgan fingerprint density at radius 2 is 1.68 bits per heavy atom. The zero-order valence-electron chi connectivity index (χ0n) is 16.3. The van der Waals surface area contributed by atoms with Gasteiger partial charge in [0, 0.05) is 25.4 Å². The molecular weight excluding hydrogens is 360 g/mol. The summed E-state index contributed by atoms with van der Waals surface area (Å²) in [5.74, 6) is -0.762. The molecule has 0 radical (unpaired) electrons. The number of rotatable bonds is 6. The summed E-state index contributed by atoms with van der Waals surface area (Å²) in [7, 11) is 0. The Kier molecular flexibility index (Phi) is 7.20. The minimum atomic E-state index is -0.567. The number of para-hydroxylation sites is 1. The highest BCUT2D eigenvalue weighted by atomic mass is 16.6. The van der Waals surface area contributed by atoms with Crippen LogP contribution >= 0.6 is 0 Å². The van der Waals surface area contributed by atoms with E-state index in [0.29, 0.717) is 24.2 Å². The van der Waals surface area contributed by atoms with Gasteiger partial charge in [-0.3, -0.25) is 20.4 Å². The van der Waals surface area contributed by atoms with Crippen molar-refractivity contribution in [3.63, 3.8) is 0 Å². The Morgan fingerprint density at radius 1 is 1.00 bits per heavy atom. The lowest BCUT2D eigenvalue weighted by molar-refractivity contribution is -0.121. The predicted octanol–water partition coefficient (Wildman–Crippen LogP) is 2.54. The van der Waals surface area contributed by atoms with E-state index in [0.717, 1.165) is 0 Å². The molecule has 8 heteroatoms. The van der Waals surface area contributed by atoms with Crippen LogP contribution in [0.2, 0.25) is 0 Å². The molecule has 1 aromatic carbocycles. The molecule has 0 aliphatic carbocycles. The number of carbonyl (C=O) groups excluding carboxylic acids is 3. The average molecular weight is 386 g/mol. The van der Waals surface area contributed by atoms with E-state index in [4.69, 9.17) is 4.74 Å². The normalized spacial score (nSPS) is 10.8. The minimum Gasteiger partial charge on any atom is -0.444 e. The maximum atomic E-state index is 12.4. The molecule has 0 aliphatic rings. The van der Waals surface area contributed by atoms with Crippen molar-refractivity contribution in [1.82, 2.24) is 20.7 Å². The lowest BCUT2D eigenvalue weighted by Gasteiger charge is -2.19. The summed E-state index contributed by atoms with van der Waals surface area (Å²) < 4.78 is 6.92. The van der Waals surface area contributed by atoms with E-state index in [1.54, 1.807) is 32.9 Å². The molecule has 2 aromatic rings. The second-order valence-electron chi connectivity index (χ2n) is 7.14. The summed E-state index contributed by atoms with van der Waals surface area (Å²) in [6.45, 7) is 5.62. The van der Waals surface area contributed by atoms with Crippen LogP contribution in [0.3, 0.4) is 0 Å². The molecular formula is C20H26N4O4. The smallest absolute Gasteiger partial charge is 0.407 e. The van der Waals surface area contributed by atoms with Crippen LogP contribution in [0.15, 0.2) is 48.8 Å². The topological polar surface area (TPSA) is 101 Å². The number of amides is 3. The first-order chi connectivity index (χ1) is 13.3. The highest BCUT2D eigenvalue weighted by Gasteiger charge is 2.16. The second-order valence-corrected chi connectivity index (χ2v) is 7.14. The highest BCUT2D eigenvalue weighted by molar-refractivity contribution is 5.98. The van der Waals surface area contributed by atoms with Gasteiger partial charge in [-0.05, 0) is 51.5 Å². The average Bonchev–Trinajstić information content (AvgIpc) is 3.16. The number of alkyl carbamates (subject to hydrolysis) is 1. The Morgan fingerprint density at radius 3 is 2.36 bits per heavy atom. The van der Waals surface area contributed by atoms with Gasteiger partial charge >= 0.3 is 6.09 Å². The summed E-state index contributed by atoms with van der Waals surface area (Å²) in [5, 5.41) is 2.58. The molecule has 1 heterocycles. The Bertz CT molecular complexity index is 810. The zero-order chi connectivity index (χ0) is 20.6. The fraction of sp³-hybridized carbons (Fsp3) is 0.350. The van der Waals surface area contributed by atoms with Crippen LogP contribution in [0.1, 0.15) is 44.0 Å². The number of carbonyl (C=O) groups is 3. The van der Waals surface area contributed by atoms with Gasteiger partial charge in [0.2, 0.25) is 5.91 Å². The van der Waals surface area contributed by atoms with Gasteiger partial charge in [0.05, 0.1) is 11.3 Å². The number of ether oxygens (including phenoxy) is 1. The van der Waals surface area contributed by atoms with E-state index in [2.05, 4.69) is 16.2 Å². The summed E-state index contributed by atoms with van der Waals surface area (Å²) in [4.78, 5) is 35.8. The molecule has 1 aromatic heterocycles.